The molecule has 3 atom stereocenters. The third-order valence-electron chi connectivity index (χ3n) is 3.12. The predicted octanol–water partition coefficient (Wildman–Crippen LogP) is 0.711. The fraction of sp³-hybridized carbons (Fsp3) is 0.917. The first kappa shape index (κ1) is 14.4. The summed E-state index contributed by atoms with van der Waals surface area (Å²) >= 11 is 0. The van der Waals surface area contributed by atoms with E-state index in [0.717, 1.165) is 12.8 Å². The Morgan fingerprint density at radius 2 is 2.24 bits per heavy atom. The van der Waals surface area contributed by atoms with Crippen LogP contribution in [-0.4, -0.2) is 59.0 Å². The molecule has 0 spiro atoms. The molecule has 1 fully saturated rings. The highest BCUT2D eigenvalue weighted by atomic mass is 16.5. The van der Waals surface area contributed by atoms with Crippen molar-refractivity contribution in [2.24, 2.45) is 0 Å². The van der Waals surface area contributed by atoms with Gasteiger partial charge < -0.3 is 14.9 Å². The van der Waals surface area contributed by atoms with E-state index in [1.165, 1.54) is 0 Å². The second-order valence-corrected chi connectivity index (χ2v) is 4.70. The molecule has 5 heteroatoms. The zero-order chi connectivity index (χ0) is 12.8. The summed E-state index contributed by atoms with van der Waals surface area (Å²) < 4.78 is 5.52. The molecule has 0 aromatic rings. The molecule has 0 aliphatic carbocycles. The molecular formula is C12H23NO4. The molecule has 1 rings (SSSR count). The van der Waals surface area contributed by atoms with Crippen molar-refractivity contribution in [3.63, 3.8) is 0 Å². The maximum Gasteiger partial charge on any atom is 0.320 e. The lowest BCUT2D eigenvalue weighted by atomic mass is 10.1. The predicted molar refractivity (Wildman–Crippen MR) is 63.9 cm³/mol. The summed E-state index contributed by atoms with van der Waals surface area (Å²) in [4.78, 5) is 13.2. The number of aliphatic hydroxyl groups excluding tert-OH is 1. The number of carboxylic acid groups (broad SMARTS) is 1. The molecular weight excluding hydrogens is 222 g/mol. The van der Waals surface area contributed by atoms with Crippen molar-refractivity contribution in [2.45, 2.75) is 51.4 Å². The zero-order valence-electron chi connectivity index (χ0n) is 10.6. The fourth-order valence-corrected chi connectivity index (χ4v) is 2.30. The first-order valence-corrected chi connectivity index (χ1v) is 6.31. The van der Waals surface area contributed by atoms with Crippen LogP contribution in [0.1, 0.15) is 33.1 Å². The molecule has 0 bridgehead atoms. The number of hydrogen-bond acceptors (Lipinski definition) is 4. The Bertz CT molecular complexity index is 247. The molecule has 0 amide bonds. The normalized spacial score (nSPS) is 27.9. The molecule has 1 saturated heterocycles. The van der Waals surface area contributed by atoms with Crippen LogP contribution in [0, 0.1) is 0 Å². The maximum atomic E-state index is 11.3. The number of carbonyl (C=O) groups is 1. The summed E-state index contributed by atoms with van der Waals surface area (Å²) in [6, 6.07) is -0.449. The van der Waals surface area contributed by atoms with Gasteiger partial charge >= 0.3 is 5.97 Å². The Kier molecular flexibility index (Phi) is 5.88. The summed E-state index contributed by atoms with van der Waals surface area (Å²) in [7, 11) is 0. The Labute approximate surface area is 102 Å². The summed E-state index contributed by atoms with van der Waals surface area (Å²) in [5.74, 6) is -0.774. The van der Waals surface area contributed by atoms with Crippen LogP contribution in [0.25, 0.3) is 0 Å². The van der Waals surface area contributed by atoms with Crippen LogP contribution in [0.15, 0.2) is 0 Å². The van der Waals surface area contributed by atoms with Gasteiger partial charge in [0.15, 0.2) is 0 Å². The topological polar surface area (TPSA) is 70.0 Å². The minimum Gasteiger partial charge on any atom is -0.480 e. The molecule has 17 heavy (non-hydrogen) atoms. The highest BCUT2D eigenvalue weighted by molar-refractivity contribution is 5.73. The largest absolute Gasteiger partial charge is 0.480 e. The van der Waals surface area contributed by atoms with Crippen molar-refractivity contribution in [2.75, 3.05) is 19.7 Å². The van der Waals surface area contributed by atoms with Gasteiger partial charge in [0, 0.05) is 13.1 Å². The summed E-state index contributed by atoms with van der Waals surface area (Å²) in [6.07, 6.45) is 2.28. The second kappa shape index (κ2) is 6.93. The lowest BCUT2D eigenvalue weighted by molar-refractivity contribution is -0.152. The van der Waals surface area contributed by atoms with Crippen molar-refractivity contribution in [3.05, 3.63) is 0 Å². The molecule has 1 aliphatic heterocycles. The second-order valence-electron chi connectivity index (χ2n) is 4.70. The minimum absolute atomic E-state index is 0.0237. The Morgan fingerprint density at radius 1 is 1.53 bits per heavy atom. The van der Waals surface area contributed by atoms with Crippen molar-refractivity contribution in [3.8, 4) is 0 Å². The molecule has 0 aromatic carbocycles. The lowest BCUT2D eigenvalue weighted by Crippen LogP contribution is -2.54. The van der Waals surface area contributed by atoms with E-state index in [9.17, 15) is 9.90 Å². The van der Waals surface area contributed by atoms with Crippen molar-refractivity contribution in [1.29, 1.82) is 0 Å². The van der Waals surface area contributed by atoms with E-state index in [4.69, 9.17) is 9.84 Å². The van der Waals surface area contributed by atoms with E-state index in [1.807, 2.05) is 11.8 Å². The van der Waals surface area contributed by atoms with Gasteiger partial charge in [-0.2, -0.15) is 0 Å². The van der Waals surface area contributed by atoms with E-state index >= 15 is 0 Å². The lowest BCUT2D eigenvalue weighted by Gasteiger charge is -2.39. The van der Waals surface area contributed by atoms with Crippen LogP contribution in [-0.2, 0) is 9.53 Å². The quantitative estimate of drug-likeness (QED) is 0.721. The number of aliphatic carboxylic acids is 1. The summed E-state index contributed by atoms with van der Waals surface area (Å²) in [5.41, 5.74) is 0. The Balaban J connectivity index is 2.62. The average Bonchev–Trinajstić information content (AvgIpc) is 2.28. The van der Waals surface area contributed by atoms with Gasteiger partial charge in [0.25, 0.3) is 0 Å². The Morgan fingerprint density at radius 3 is 2.76 bits per heavy atom. The number of morpholine rings is 1. The molecule has 0 radical (unpaired) electrons. The van der Waals surface area contributed by atoms with Gasteiger partial charge in [0.1, 0.15) is 6.04 Å². The summed E-state index contributed by atoms with van der Waals surface area (Å²) in [6.45, 7) is 5.03. The Hall–Kier alpha value is -0.650. The van der Waals surface area contributed by atoms with Crippen LogP contribution in [0.4, 0.5) is 0 Å². The van der Waals surface area contributed by atoms with Gasteiger partial charge in [-0.25, -0.2) is 0 Å². The van der Waals surface area contributed by atoms with Gasteiger partial charge in [-0.15, -0.1) is 0 Å². The van der Waals surface area contributed by atoms with Crippen LogP contribution in [0.2, 0.25) is 0 Å². The first-order valence-electron chi connectivity index (χ1n) is 6.31. The van der Waals surface area contributed by atoms with E-state index in [0.29, 0.717) is 19.5 Å². The molecule has 1 aliphatic rings. The molecule has 100 valence electrons. The number of hydrogen-bond donors (Lipinski definition) is 2. The number of nitrogens with zero attached hydrogens (tertiary/aromatic N) is 1. The highest BCUT2D eigenvalue weighted by Crippen LogP contribution is 2.17. The number of rotatable bonds is 6. The molecule has 3 unspecified atom stereocenters. The van der Waals surface area contributed by atoms with Crippen molar-refractivity contribution < 1.29 is 19.7 Å². The standard InChI is InChI=1S/C12H23NO4/c1-3-4-5-11(12(15)16)13-6-9(2)17-10(7-13)8-14/h9-11,14H,3-8H2,1-2H3,(H,15,16). The molecule has 5 nitrogen and oxygen atoms in total. The monoisotopic (exact) mass is 245 g/mol. The van der Waals surface area contributed by atoms with Gasteiger partial charge in [-0.05, 0) is 13.3 Å². The van der Waals surface area contributed by atoms with Gasteiger partial charge in [0.05, 0.1) is 18.8 Å². The minimum atomic E-state index is -0.774. The van der Waals surface area contributed by atoms with E-state index in [1.54, 1.807) is 0 Å². The third kappa shape index (κ3) is 4.26. The molecule has 2 N–H and O–H groups in total. The maximum absolute atomic E-state index is 11.3. The third-order valence-corrected chi connectivity index (χ3v) is 3.12. The van der Waals surface area contributed by atoms with Gasteiger partial charge in [-0.3, -0.25) is 9.69 Å². The number of unbranched alkanes of at least 4 members (excludes halogenated alkanes) is 1. The van der Waals surface area contributed by atoms with Crippen molar-refractivity contribution in [1.82, 2.24) is 4.90 Å². The van der Waals surface area contributed by atoms with Crippen LogP contribution < -0.4 is 0 Å². The van der Waals surface area contributed by atoms with Gasteiger partial charge in [0.2, 0.25) is 0 Å². The summed E-state index contributed by atoms with van der Waals surface area (Å²) in [5, 5.41) is 18.4. The van der Waals surface area contributed by atoms with Crippen LogP contribution in [0.5, 0.6) is 0 Å². The molecule has 0 saturated carbocycles. The van der Waals surface area contributed by atoms with E-state index in [-0.39, 0.29) is 18.8 Å². The number of aliphatic hydroxyl groups is 1. The number of carboxylic acids is 1. The van der Waals surface area contributed by atoms with Gasteiger partial charge in [-0.1, -0.05) is 19.8 Å². The van der Waals surface area contributed by atoms with Crippen molar-refractivity contribution >= 4 is 5.97 Å². The van der Waals surface area contributed by atoms with E-state index in [2.05, 4.69) is 6.92 Å². The average molecular weight is 245 g/mol. The van der Waals surface area contributed by atoms with E-state index < -0.39 is 12.0 Å². The first-order chi connectivity index (χ1) is 8.08. The molecule has 0 aromatic heterocycles. The van der Waals surface area contributed by atoms with Crippen LogP contribution in [0.3, 0.4) is 0 Å². The fourth-order valence-electron chi connectivity index (χ4n) is 2.30. The smallest absolute Gasteiger partial charge is 0.320 e. The number of ether oxygens (including phenoxy) is 1. The highest BCUT2D eigenvalue weighted by Gasteiger charge is 2.32. The molecule has 1 heterocycles. The SMILES string of the molecule is CCCCC(C(=O)O)N1CC(C)OC(CO)C1. The zero-order valence-corrected chi connectivity index (χ0v) is 10.6. The van der Waals surface area contributed by atoms with Crippen LogP contribution >= 0.6 is 0 Å².